The number of amides is 4. The number of nitrogens with zero attached hydrogens (tertiary/aromatic N) is 2. The average Bonchev–Trinajstić information content (AvgIpc) is 3.07. The van der Waals surface area contributed by atoms with Crippen molar-refractivity contribution in [3.05, 3.63) is 100 Å². The molecule has 0 aliphatic carbocycles. The maximum absolute atomic E-state index is 13.8. The lowest BCUT2D eigenvalue weighted by Gasteiger charge is -2.25. The topological polar surface area (TPSA) is 172 Å². The number of para-hydroxylation sites is 1. The predicted molar refractivity (Wildman–Crippen MR) is 184 cm³/mol. The molecule has 0 bridgehead atoms. The zero-order valence-corrected chi connectivity index (χ0v) is 28.1. The number of carbonyl (C=O) groups excluding carboxylic acids is 4. The van der Waals surface area contributed by atoms with E-state index >= 15 is 0 Å². The molecule has 2 aromatic carbocycles. The van der Waals surface area contributed by atoms with Crippen molar-refractivity contribution in [2.45, 2.75) is 61.8 Å². The first-order valence-electron chi connectivity index (χ1n) is 15.2. The zero-order valence-electron chi connectivity index (χ0n) is 26.5. The van der Waals surface area contributed by atoms with Gasteiger partial charge in [-0.25, -0.2) is 0 Å². The van der Waals surface area contributed by atoms with Crippen LogP contribution >= 0.6 is 21.6 Å². The van der Waals surface area contributed by atoms with Crippen LogP contribution in [0.5, 0.6) is 0 Å². The van der Waals surface area contributed by atoms with Crippen LogP contribution < -0.4 is 21.3 Å². The van der Waals surface area contributed by atoms with Crippen molar-refractivity contribution in [2.24, 2.45) is 5.92 Å². The first-order chi connectivity index (χ1) is 22.6. The van der Waals surface area contributed by atoms with Crippen molar-refractivity contribution >= 4 is 50.9 Å². The molecule has 0 aliphatic heterocycles. The lowest BCUT2D eigenvalue weighted by molar-refractivity contribution is -0.387. The maximum Gasteiger partial charge on any atom is 0.283 e. The van der Waals surface area contributed by atoms with Gasteiger partial charge in [-0.3, -0.25) is 34.3 Å². The Morgan fingerprint density at radius 1 is 0.872 bits per heavy atom. The smallest absolute Gasteiger partial charge is 0.283 e. The normalized spacial score (nSPS) is 12.8. The zero-order chi connectivity index (χ0) is 34.2. The summed E-state index contributed by atoms with van der Waals surface area (Å²) < 4.78 is 0. The van der Waals surface area contributed by atoms with Crippen LogP contribution in [0.4, 0.5) is 5.69 Å². The molecule has 12 nitrogen and oxygen atoms in total. The van der Waals surface area contributed by atoms with Crippen molar-refractivity contribution in [2.75, 3.05) is 13.6 Å². The first kappa shape index (κ1) is 37.0. The molecule has 250 valence electrons. The van der Waals surface area contributed by atoms with Gasteiger partial charge in [0, 0.05) is 32.3 Å². The molecule has 3 aromatic rings. The molecular weight excluding hydrogens is 641 g/mol. The lowest BCUT2D eigenvalue weighted by Crippen LogP contribution is -2.55. The molecule has 1 heterocycles. The quantitative estimate of drug-likeness (QED) is 0.0661. The van der Waals surface area contributed by atoms with E-state index < -0.39 is 34.1 Å². The minimum atomic E-state index is -0.937. The van der Waals surface area contributed by atoms with E-state index in [0.29, 0.717) is 24.2 Å². The van der Waals surface area contributed by atoms with Gasteiger partial charge in [-0.1, -0.05) is 73.2 Å². The molecule has 1 aromatic heterocycles. The van der Waals surface area contributed by atoms with Gasteiger partial charge in [0.2, 0.25) is 17.7 Å². The molecular formula is C33H40N6O6S2. The maximum atomic E-state index is 13.8. The van der Waals surface area contributed by atoms with Gasteiger partial charge in [0.05, 0.1) is 15.1 Å². The molecule has 0 saturated carbocycles. The van der Waals surface area contributed by atoms with E-state index in [1.165, 1.54) is 19.3 Å². The molecule has 4 amide bonds. The molecule has 0 fully saturated rings. The van der Waals surface area contributed by atoms with Gasteiger partial charge in [-0.2, -0.15) is 0 Å². The SMILES string of the molecule is CNC(=O)[C@H](Cc1ccccc1)NC(=O)C(CC(C)C)NC(=O)C(CCCNC(=O)c1ccccn1)SSc1ccccc1[N+](=O)[O-]. The molecule has 0 saturated heterocycles. The molecule has 2 unspecified atom stereocenters. The summed E-state index contributed by atoms with van der Waals surface area (Å²) >= 11 is 0. The van der Waals surface area contributed by atoms with Crippen LogP contribution in [0.3, 0.4) is 0 Å². The highest BCUT2D eigenvalue weighted by molar-refractivity contribution is 8.77. The van der Waals surface area contributed by atoms with Crippen LogP contribution in [0.15, 0.2) is 83.9 Å². The van der Waals surface area contributed by atoms with Gasteiger partial charge in [-0.15, -0.1) is 0 Å². The molecule has 14 heteroatoms. The van der Waals surface area contributed by atoms with Gasteiger partial charge >= 0.3 is 0 Å². The second-order valence-electron chi connectivity index (χ2n) is 11.1. The third kappa shape index (κ3) is 12.4. The van der Waals surface area contributed by atoms with E-state index in [9.17, 15) is 29.3 Å². The summed E-state index contributed by atoms with van der Waals surface area (Å²) in [7, 11) is 3.75. The van der Waals surface area contributed by atoms with Crippen LogP contribution in [-0.2, 0) is 20.8 Å². The third-order valence-corrected chi connectivity index (χ3v) is 9.76. The minimum Gasteiger partial charge on any atom is -0.357 e. The summed E-state index contributed by atoms with van der Waals surface area (Å²) in [5.74, 6) is -1.60. The first-order valence-corrected chi connectivity index (χ1v) is 17.4. The predicted octanol–water partition coefficient (Wildman–Crippen LogP) is 4.31. The molecule has 0 spiro atoms. The number of hydrogen-bond donors (Lipinski definition) is 4. The second kappa shape index (κ2) is 19.3. The highest BCUT2D eigenvalue weighted by atomic mass is 33.1. The van der Waals surface area contributed by atoms with E-state index in [-0.39, 0.29) is 42.1 Å². The van der Waals surface area contributed by atoms with Crippen molar-refractivity contribution < 1.29 is 24.1 Å². The van der Waals surface area contributed by atoms with E-state index in [1.54, 1.807) is 36.4 Å². The molecule has 47 heavy (non-hydrogen) atoms. The fourth-order valence-corrected chi connectivity index (χ4v) is 7.19. The Hall–Kier alpha value is -4.43. The summed E-state index contributed by atoms with van der Waals surface area (Å²) in [6, 6.07) is 18.8. The van der Waals surface area contributed by atoms with Gasteiger partial charge in [0.15, 0.2) is 0 Å². The van der Waals surface area contributed by atoms with Gasteiger partial charge < -0.3 is 21.3 Å². The summed E-state index contributed by atoms with van der Waals surface area (Å²) in [5, 5.41) is 21.9. The number of hydrogen-bond acceptors (Lipinski definition) is 9. The van der Waals surface area contributed by atoms with E-state index in [2.05, 4.69) is 26.3 Å². The van der Waals surface area contributed by atoms with Crippen molar-refractivity contribution in [3.8, 4) is 0 Å². The third-order valence-electron chi connectivity index (χ3n) is 6.94. The standard InChI is InChI=1S/C33H40N6O6S2/c1-22(2)20-25(32(42)37-26(30(40)34-3)21-23-12-5-4-6-13-23)38-33(43)29(47-46-28-16-8-7-15-27(28)39(44)45)17-11-19-36-31(41)24-14-9-10-18-35-24/h4-10,12-16,18,22,25-26,29H,11,17,19-21H2,1-3H3,(H,34,40)(H,36,41)(H,37,42)(H,38,43)/t25?,26-,29?/m0/s1. The number of nitro benzene ring substituents is 1. The fourth-order valence-electron chi connectivity index (χ4n) is 4.56. The fraction of sp³-hybridized carbons (Fsp3) is 0.364. The van der Waals surface area contributed by atoms with Crippen molar-refractivity contribution in [3.63, 3.8) is 0 Å². The van der Waals surface area contributed by atoms with E-state index in [1.807, 2.05) is 44.2 Å². The number of nitro groups is 1. The van der Waals surface area contributed by atoms with Crippen LogP contribution in [0.1, 0.15) is 49.2 Å². The molecule has 0 aliphatic rings. The van der Waals surface area contributed by atoms with Gasteiger partial charge in [-0.05, 0) is 59.7 Å². The number of carbonyl (C=O) groups is 4. The number of nitrogens with one attached hydrogen (secondary N) is 4. The molecule has 3 rings (SSSR count). The number of aromatic nitrogens is 1. The summed E-state index contributed by atoms with van der Waals surface area (Å²) in [5.41, 5.74) is 1.06. The van der Waals surface area contributed by atoms with Crippen molar-refractivity contribution in [1.29, 1.82) is 0 Å². The minimum absolute atomic E-state index is 0.0351. The Morgan fingerprint density at radius 2 is 1.55 bits per heavy atom. The number of pyridine rings is 1. The highest BCUT2D eigenvalue weighted by Crippen LogP contribution is 2.40. The van der Waals surface area contributed by atoms with Gasteiger partial charge in [0.25, 0.3) is 11.6 Å². The Morgan fingerprint density at radius 3 is 2.21 bits per heavy atom. The summed E-state index contributed by atoms with van der Waals surface area (Å²) in [6.45, 7) is 4.11. The van der Waals surface area contributed by atoms with E-state index in [0.717, 1.165) is 27.2 Å². The number of benzene rings is 2. The molecule has 4 N–H and O–H groups in total. The monoisotopic (exact) mass is 680 g/mol. The molecule has 0 radical (unpaired) electrons. The Bertz CT molecular complexity index is 1500. The lowest BCUT2D eigenvalue weighted by atomic mass is 10.0. The highest BCUT2D eigenvalue weighted by Gasteiger charge is 2.30. The van der Waals surface area contributed by atoms with Crippen LogP contribution in [0, 0.1) is 16.0 Å². The summed E-state index contributed by atoms with van der Waals surface area (Å²) in [4.78, 5) is 68.0. The largest absolute Gasteiger partial charge is 0.357 e. The second-order valence-corrected chi connectivity index (χ2v) is 13.5. The van der Waals surface area contributed by atoms with E-state index in [4.69, 9.17) is 0 Å². The number of rotatable bonds is 18. The molecule has 3 atom stereocenters. The Balaban J connectivity index is 1.74. The Labute approximate surface area is 282 Å². The average molecular weight is 681 g/mol. The Kier molecular flexibility index (Phi) is 15.2. The van der Waals surface area contributed by atoms with Crippen LogP contribution in [0.2, 0.25) is 0 Å². The number of likely N-dealkylation sites (N-methyl/N-ethyl adjacent to an activating group) is 1. The van der Waals surface area contributed by atoms with Crippen LogP contribution in [0.25, 0.3) is 0 Å². The summed E-state index contributed by atoms with van der Waals surface area (Å²) in [6.07, 6.45) is 2.83. The van der Waals surface area contributed by atoms with Crippen LogP contribution in [-0.4, -0.2) is 64.5 Å². The van der Waals surface area contributed by atoms with Crippen molar-refractivity contribution in [1.82, 2.24) is 26.3 Å². The van der Waals surface area contributed by atoms with Gasteiger partial charge in [0.1, 0.15) is 17.8 Å².